The van der Waals surface area contributed by atoms with Gasteiger partial charge in [-0.1, -0.05) is 147 Å². The molecule has 0 saturated carbocycles. The van der Waals surface area contributed by atoms with Gasteiger partial charge in [-0.15, -0.1) is 0 Å². The Kier molecular flexibility index (Phi) is 6.78. The summed E-state index contributed by atoms with van der Waals surface area (Å²) < 4.78 is 13.2. The van der Waals surface area contributed by atoms with E-state index in [1.807, 2.05) is 12.1 Å². The van der Waals surface area contributed by atoms with Crippen molar-refractivity contribution in [2.75, 3.05) is 4.90 Å². The molecule has 0 unspecified atom stereocenters. The third-order valence-electron chi connectivity index (χ3n) is 13.2. The first-order valence-corrected chi connectivity index (χ1v) is 20.7. The number of benzene rings is 10. The maximum atomic E-state index is 6.63. The van der Waals surface area contributed by atoms with Crippen LogP contribution in [0.15, 0.2) is 197 Å². The molecule has 0 saturated heterocycles. The number of anilines is 3. The normalized spacial score (nSPS) is 13.3. The zero-order valence-electron chi connectivity index (χ0n) is 33.2. The average Bonchev–Trinajstić information content (AvgIpc) is 3.93. The molecular formula is C57H37NO2. The van der Waals surface area contributed by atoms with Gasteiger partial charge in [0.2, 0.25) is 0 Å². The van der Waals surface area contributed by atoms with Crippen LogP contribution < -0.4 is 4.90 Å². The third-order valence-corrected chi connectivity index (χ3v) is 13.2. The van der Waals surface area contributed by atoms with E-state index in [-0.39, 0.29) is 5.41 Å². The molecule has 12 aromatic rings. The molecule has 60 heavy (non-hydrogen) atoms. The minimum atomic E-state index is -0.187. The number of hydrogen-bond donors (Lipinski definition) is 0. The van der Waals surface area contributed by atoms with E-state index in [0.717, 1.165) is 72.1 Å². The first-order valence-electron chi connectivity index (χ1n) is 20.7. The number of fused-ring (bicyclic) bond motifs is 15. The first kappa shape index (κ1) is 33.4. The van der Waals surface area contributed by atoms with Gasteiger partial charge in [0.15, 0.2) is 0 Å². The second-order valence-corrected chi connectivity index (χ2v) is 16.8. The fourth-order valence-corrected chi connectivity index (χ4v) is 10.4. The van der Waals surface area contributed by atoms with Crippen LogP contribution in [0.4, 0.5) is 17.1 Å². The number of furan rings is 2. The summed E-state index contributed by atoms with van der Waals surface area (Å²) >= 11 is 0. The highest BCUT2D eigenvalue weighted by atomic mass is 16.3. The summed E-state index contributed by atoms with van der Waals surface area (Å²) in [5.74, 6) is 0. The van der Waals surface area contributed by atoms with Crippen molar-refractivity contribution in [2.45, 2.75) is 19.3 Å². The Bertz CT molecular complexity index is 3730. The molecule has 0 spiro atoms. The molecule has 2 aromatic heterocycles. The van der Waals surface area contributed by atoms with Gasteiger partial charge in [0.1, 0.15) is 22.3 Å². The Morgan fingerprint density at radius 2 is 0.817 bits per heavy atom. The van der Waals surface area contributed by atoms with Gasteiger partial charge < -0.3 is 13.7 Å². The molecule has 0 atom stereocenters. The fraction of sp³-hybridized carbons (Fsp3) is 0.0526. The Morgan fingerprint density at radius 1 is 0.350 bits per heavy atom. The number of para-hydroxylation sites is 2. The Hall–Kier alpha value is -7.62. The molecule has 0 fully saturated rings. The van der Waals surface area contributed by atoms with Crippen LogP contribution in [0.2, 0.25) is 0 Å². The number of nitrogens with zero attached hydrogens (tertiary/aromatic N) is 1. The van der Waals surface area contributed by atoms with Gasteiger partial charge in [-0.3, -0.25) is 0 Å². The summed E-state index contributed by atoms with van der Waals surface area (Å²) in [7, 11) is 0. The van der Waals surface area contributed by atoms with Gasteiger partial charge in [-0.2, -0.15) is 0 Å². The Morgan fingerprint density at radius 3 is 1.53 bits per heavy atom. The molecule has 3 nitrogen and oxygen atoms in total. The minimum Gasteiger partial charge on any atom is -0.456 e. The molecule has 13 rings (SSSR count). The van der Waals surface area contributed by atoms with Crippen LogP contribution >= 0.6 is 0 Å². The van der Waals surface area contributed by atoms with Gasteiger partial charge >= 0.3 is 0 Å². The highest BCUT2D eigenvalue weighted by Crippen LogP contribution is 2.54. The monoisotopic (exact) mass is 767 g/mol. The van der Waals surface area contributed by atoms with Gasteiger partial charge in [0, 0.05) is 55.4 Å². The lowest BCUT2D eigenvalue weighted by atomic mass is 9.82. The van der Waals surface area contributed by atoms with Crippen LogP contribution in [0.3, 0.4) is 0 Å². The van der Waals surface area contributed by atoms with E-state index in [0.29, 0.717) is 0 Å². The van der Waals surface area contributed by atoms with Crippen LogP contribution in [0, 0.1) is 0 Å². The average molecular weight is 768 g/mol. The summed E-state index contributed by atoms with van der Waals surface area (Å²) in [6, 6.07) is 68.4. The van der Waals surface area contributed by atoms with Crippen LogP contribution in [-0.2, 0) is 5.41 Å². The van der Waals surface area contributed by atoms with Crippen molar-refractivity contribution in [3.05, 3.63) is 199 Å². The van der Waals surface area contributed by atoms with Crippen molar-refractivity contribution in [2.24, 2.45) is 0 Å². The predicted octanol–water partition coefficient (Wildman–Crippen LogP) is 16.4. The second-order valence-electron chi connectivity index (χ2n) is 16.8. The van der Waals surface area contributed by atoms with Gasteiger partial charge in [-0.05, 0) is 103 Å². The molecule has 0 aliphatic heterocycles. The lowest BCUT2D eigenvalue weighted by molar-refractivity contribution is 0.660. The van der Waals surface area contributed by atoms with Crippen molar-refractivity contribution >= 4 is 93.3 Å². The van der Waals surface area contributed by atoms with Crippen LogP contribution in [0.5, 0.6) is 0 Å². The first-order chi connectivity index (χ1) is 29.5. The summed E-state index contributed by atoms with van der Waals surface area (Å²) in [4.78, 5) is 2.49. The maximum absolute atomic E-state index is 6.63. The maximum Gasteiger partial charge on any atom is 0.137 e. The smallest absolute Gasteiger partial charge is 0.137 e. The molecule has 10 aromatic carbocycles. The van der Waals surface area contributed by atoms with Crippen LogP contribution in [0.25, 0.3) is 98.4 Å². The molecule has 1 aliphatic rings. The van der Waals surface area contributed by atoms with Crippen molar-refractivity contribution in [1.82, 2.24) is 0 Å². The highest BCUT2D eigenvalue weighted by molar-refractivity contribution is 6.30. The van der Waals surface area contributed by atoms with E-state index in [4.69, 9.17) is 8.83 Å². The molecule has 3 heteroatoms. The quantitative estimate of drug-likeness (QED) is 0.167. The van der Waals surface area contributed by atoms with Crippen molar-refractivity contribution in [3.63, 3.8) is 0 Å². The molecule has 0 bridgehead atoms. The minimum absolute atomic E-state index is 0.187. The molecule has 0 N–H and O–H groups in total. The SMILES string of the molecule is CC1(C)c2ccccc2-c2ccc(N(c3ccc4c(c3)oc3ccccc34)c3c(-c4ccc5c(c4)oc4ccccc45)ccc4c5ccccc5c5ccccc5c34)cc21. The van der Waals surface area contributed by atoms with Crippen LogP contribution in [0.1, 0.15) is 25.0 Å². The third kappa shape index (κ3) is 4.60. The topological polar surface area (TPSA) is 29.5 Å². The fourth-order valence-electron chi connectivity index (χ4n) is 10.4. The Balaban J connectivity index is 1.18. The number of rotatable bonds is 4. The predicted molar refractivity (Wildman–Crippen MR) is 251 cm³/mol. The molecule has 2 heterocycles. The largest absolute Gasteiger partial charge is 0.456 e. The molecule has 0 amide bonds. The summed E-state index contributed by atoms with van der Waals surface area (Å²) in [5.41, 5.74) is 14.0. The van der Waals surface area contributed by atoms with Gasteiger partial charge in [0.05, 0.1) is 5.69 Å². The molecular weight excluding hydrogens is 731 g/mol. The van der Waals surface area contributed by atoms with E-state index in [1.54, 1.807) is 0 Å². The second kappa shape index (κ2) is 12.2. The lowest BCUT2D eigenvalue weighted by Crippen LogP contribution is -2.17. The highest BCUT2D eigenvalue weighted by Gasteiger charge is 2.36. The molecule has 1 aliphatic carbocycles. The summed E-state index contributed by atoms with van der Waals surface area (Å²) in [5, 5.41) is 11.8. The summed E-state index contributed by atoms with van der Waals surface area (Å²) in [6.07, 6.45) is 0. The number of hydrogen-bond acceptors (Lipinski definition) is 3. The van der Waals surface area contributed by atoms with E-state index in [2.05, 4.69) is 195 Å². The standard InChI is InChI=1S/C57H37NO2/c1-57(2)49-20-10-7-16-41(49)42-27-24-35(32-50(42)57)58(36-25-28-46-44-18-9-12-22-52(44)60-54(46)33-36)56-37(34-23-26-45-43-17-8-11-21-51(43)59-53(45)31-34)29-30-48-40-15-4-3-13-38(40)39-14-5-6-19-47(39)55(48)56/h3-33H,1-2H3. The van der Waals surface area contributed by atoms with Gasteiger partial charge in [-0.25, -0.2) is 0 Å². The van der Waals surface area contributed by atoms with E-state index < -0.39 is 0 Å². The van der Waals surface area contributed by atoms with E-state index >= 15 is 0 Å². The summed E-state index contributed by atoms with van der Waals surface area (Å²) in [6.45, 7) is 4.72. The lowest BCUT2D eigenvalue weighted by Gasteiger charge is -2.31. The molecule has 0 radical (unpaired) electrons. The van der Waals surface area contributed by atoms with E-state index in [1.165, 1.54) is 54.6 Å². The van der Waals surface area contributed by atoms with Crippen molar-refractivity contribution in [1.29, 1.82) is 0 Å². The van der Waals surface area contributed by atoms with Crippen molar-refractivity contribution in [3.8, 4) is 22.3 Å². The van der Waals surface area contributed by atoms with E-state index in [9.17, 15) is 0 Å². The van der Waals surface area contributed by atoms with Gasteiger partial charge in [0.25, 0.3) is 0 Å². The zero-order chi connectivity index (χ0) is 39.7. The zero-order valence-corrected chi connectivity index (χ0v) is 33.2. The molecule has 282 valence electrons. The van der Waals surface area contributed by atoms with Crippen LogP contribution in [-0.4, -0.2) is 0 Å². The Labute approximate surface area is 346 Å². The van der Waals surface area contributed by atoms with Crippen molar-refractivity contribution < 1.29 is 8.83 Å².